The summed E-state index contributed by atoms with van der Waals surface area (Å²) in [5.74, 6) is 0.843. The van der Waals surface area contributed by atoms with Gasteiger partial charge in [-0.1, -0.05) is 32.5 Å². The van der Waals surface area contributed by atoms with Crippen LogP contribution in [0.5, 0.6) is 11.6 Å². The number of benzene rings is 1. The summed E-state index contributed by atoms with van der Waals surface area (Å²) in [4.78, 5) is 50.1. The van der Waals surface area contributed by atoms with Crippen molar-refractivity contribution in [2.24, 2.45) is 0 Å². The van der Waals surface area contributed by atoms with Crippen LogP contribution in [0.2, 0.25) is 0 Å². The van der Waals surface area contributed by atoms with Gasteiger partial charge < -0.3 is 20.7 Å². The van der Waals surface area contributed by atoms with Crippen molar-refractivity contribution in [3.8, 4) is 11.6 Å². The predicted octanol–water partition coefficient (Wildman–Crippen LogP) is 6.51. The number of carbonyl (C=O) groups excluding carboxylic acids is 3. The van der Waals surface area contributed by atoms with Crippen molar-refractivity contribution < 1.29 is 19.1 Å². The number of nitrogens with one attached hydrogen (secondary N) is 3. The van der Waals surface area contributed by atoms with Gasteiger partial charge in [0, 0.05) is 30.8 Å². The van der Waals surface area contributed by atoms with Gasteiger partial charge in [-0.15, -0.1) is 11.3 Å². The van der Waals surface area contributed by atoms with Crippen LogP contribution < -0.4 is 25.6 Å². The molecule has 0 bridgehead atoms. The number of thiophene rings is 1. The van der Waals surface area contributed by atoms with Gasteiger partial charge in [0.15, 0.2) is 0 Å². The first-order valence-corrected chi connectivity index (χ1v) is 14.0. The first kappa shape index (κ1) is 33.7. The van der Waals surface area contributed by atoms with E-state index in [9.17, 15) is 14.4 Å². The largest absolute Gasteiger partial charge is 0.439 e. The van der Waals surface area contributed by atoms with Crippen molar-refractivity contribution in [3.05, 3.63) is 65.3 Å². The molecule has 1 aliphatic carbocycles. The normalized spacial score (nSPS) is 16.7. The van der Waals surface area contributed by atoms with E-state index in [-0.39, 0.29) is 58.3 Å². The molecule has 0 spiro atoms. The van der Waals surface area contributed by atoms with Crippen LogP contribution in [0.4, 0.5) is 21.9 Å². The third-order valence-electron chi connectivity index (χ3n) is 7.17. The highest BCUT2D eigenvalue weighted by Gasteiger charge is 2.35. The third kappa shape index (κ3) is 6.73. The van der Waals surface area contributed by atoms with Gasteiger partial charge in [0.2, 0.25) is 11.8 Å². The van der Waals surface area contributed by atoms with Crippen molar-refractivity contribution in [3.63, 3.8) is 0 Å². The van der Waals surface area contributed by atoms with Crippen molar-refractivity contribution >= 4 is 83.5 Å². The number of para-hydroxylation sites is 1. The Balaban J connectivity index is 0.00000169. The molecule has 10 nitrogen and oxygen atoms in total. The highest BCUT2D eigenvalue weighted by molar-refractivity contribution is 7.59. The van der Waals surface area contributed by atoms with Gasteiger partial charge in [0.25, 0.3) is 5.91 Å². The second-order valence-electron chi connectivity index (χ2n) is 9.91. The van der Waals surface area contributed by atoms with Gasteiger partial charge >= 0.3 is 6.03 Å². The zero-order chi connectivity index (χ0) is 27.8. The standard InChI is InChI=1S/C29H28N6O4S.CH4.2H2S/c1-3-22(36)32-17-9-10-18(14-17)33-27(37)26-25-24-20(11-12-30-28(24)40-26)35(29(38)34-25)21-15-31-23(13-16(21)2)39-19-7-5-4-6-8-19;;;/h4-8,11-13,15,17-18H,3,9-10,14H2,1-2H3,(H,32,36)(H,33,37)(H,34,38);1H4;2*1H2/t17-,18-;;;/m0.../s1. The number of nitrogens with zero attached hydrogens (tertiary/aromatic N) is 3. The maximum Gasteiger partial charge on any atom is 0.331 e. The minimum absolute atomic E-state index is 0. The van der Waals surface area contributed by atoms with Gasteiger partial charge in [-0.3, -0.25) is 14.5 Å². The minimum atomic E-state index is -0.391. The molecule has 43 heavy (non-hydrogen) atoms. The molecule has 3 aromatic heterocycles. The van der Waals surface area contributed by atoms with Crippen molar-refractivity contribution in [1.29, 1.82) is 0 Å². The lowest BCUT2D eigenvalue weighted by molar-refractivity contribution is -0.121. The van der Waals surface area contributed by atoms with Crippen molar-refractivity contribution in [2.75, 3.05) is 10.2 Å². The second-order valence-corrected chi connectivity index (χ2v) is 10.9. The summed E-state index contributed by atoms with van der Waals surface area (Å²) in [6.07, 6.45) is 5.96. The quantitative estimate of drug-likeness (QED) is 0.211. The molecule has 4 amide bonds. The molecule has 228 valence electrons. The zero-order valence-electron chi connectivity index (χ0n) is 23.1. The molecular formula is C30H36N6O4S3. The van der Waals surface area contributed by atoms with E-state index in [1.165, 1.54) is 11.3 Å². The number of hydrogen-bond donors (Lipinski definition) is 3. The van der Waals surface area contributed by atoms with Crippen LogP contribution in [-0.2, 0) is 4.79 Å². The Hall–Kier alpha value is -3.81. The molecule has 3 N–H and O–H groups in total. The van der Waals surface area contributed by atoms with Crippen LogP contribution in [0.15, 0.2) is 54.9 Å². The maximum atomic E-state index is 13.5. The fourth-order valence-corrected chi connectivity index (χ4v) is 6.25. The first-order valence-electron chi connectivity index (χ1n) is 13.2. The van der Waals surface area contributed by atoms with Crippen LogP contribution >= 0.6 is 38.3 Å². The topological polar surface area (TPSA) is 126 Å². The molecule has 4 heterocycles. The van der Waals surface area contributed by atoms with Crippen LogP contribution in [0, 0.1) is 6.92 Å². The van der Waals surface area contributed by atoms with Gasteiger partial charge in [-0.05, 0) is 49.9 Å². The second kappa shape index (κ2) is 14.1. The van der Waals surface area contributed by atoms with E-state index in [4.69, 9.17) is 4.74 Å². The van der Waals surface area contributed by atoms with Crippen LogP contribution in [-0.4, -0.2) is 39.9 Å². The maximum absolute atomic E-state index is 13.5. The number of carbonyl (C=O) groups is 3. The van der Waals surface area contributed by atoms with Gasteiger partial charge in [0.1, 0.15) is 15.5 Å². The Kier molecular flexibility index (Phi) is 11.1. The lowest BCUT2D eigenvalue weighted by Crippen LogP contribution is -2.38. The summed E-state index contributed by atoms with van der Waals surface area (Å²) < 4.78 is 5.85. The number of rotatable bonds is 7. The molecule has 1 aromatic carbocycles. The number of aromatic nitrogens is 2. The molecule has 13 heteroatoms. The summed E-state index contributed by atoms with van der Waals surface area (Å²) >= 11 is 1.25. The lowest BCUT2D eigenvalue weighted by atomic mass is 10.1. The van der Waals surface area contributed by atoms with E-state index in [2.05, 4.69) is 25.9 Å². The molecule has 0 radical (unpaired) electrons. The molecule has 0 saturated heterocycles. The Morgan fingerprint density at radius 1 is 1.07 bits per heavy atom. The van der Waals surface area contributed by atoms with Crippen LogP contribution in [0.1, 0.15) is 55.3 Å². The highest BCUT2D eigenvalue weighted by atomic mass is 32.1. The lowest BCUT2D eigenvalue weighted by Gasteiger charge is -2.29. The monoisotopic (exact) mass is 640 g/mol. The van der Waals surface area contributed by atoms with E-state index >= 15 is 0 Å². The SMILES string of the molecule is C.CCC(=O)N[C@H]1CC[C@H](NC(=O)c2sc3nccc4c3c2NC(=O)N4c2cnc(Oc3ccccc3)cc2C)C1.S.S. The molecule has 1 saturated carbocycles. The Morgan fingerprint density at radius 3 is 2.49 bits per heavy atom. The summed E-state index contributed by atoms with van der Waals surface area (Å²) in [6, 6.07) is 12.5. The fraction of sp³-hybridized carbons (Fsp3) is 0.300. The molecule has 4 aromatic rings. The van der Waals surface area contributed by atoms with Gasteiger partial charge in [-0.25, -0.2) is 14.8 Å². The van der Waals surface area contributed by atoms with Crippen molar-refractivity contribution in [1.82, 2.24) is 20.6 Å². The Bertz CT molecular complexity index is 1630. The smallest absolute Gasteiger partial charge is 0.331 e. The molecule has 2 aliphatic rings. The molecule has 6 rings (SSSR count). The van der Waals surface area contributed by atoms with Crippen LogP contribution in [0.3, 0.4) is 0 Å². The highest BCUT2D eigenvalue weighted by Crippen LogP contribution is 2.46. The number of pyridine rings is 2. The first-order chi connectivity index (χ1) is 19.4. The summed E-state index contributed by atoms with van der Waals surface area (Å²) in [5, 5.41) is 9.74. The molecular weight excluding hydrogens is 605 g/mol. The number of hydrogen-bond acceptors (Lipinski definition) is 7. The third-order valence-corrected chi connectivity index (χ3v) is 8.27. The van der Waals surface area contributed by atoms with E-state index in [1.54, 1.807) is 29.4 Å². The number of amides is 4. The molecule has 1 fully saturated rings. The number of ether oxygens (including phenoxy) is 1. The van der Waals surface area contributed by atoms with Crippen LogP contribution in [0.25, 0.3) is 10.2 Å². The van der Waals surface area contributed by atoms with E-state index in [1.807, 2.05) is 44.2 Å². The average molecular weight is 641 g/mol. The molecule has 0 unspecified atom stereocenters. The Morgan fingerprint density at radius 2 is 1.79 bits per heavy atom. The summed E-state index contributed by atoms with van der Waals surface area (Å²) in [7, 11) is 0. The van der Waals surface area contributed by atoms with Crippen molar-refractivity contribution in [2.45, 2.75) is 59.0 Å². The summed E-state index contributed by atoms with van der Waals surface area (Å²) in [5.41, 5.74) is 2.48. The number of urea groups is 1. The van der Waals surface area contributed by atoms with E-state index in [0.29, 0.717) is 56.6 Å². The molecule has 1 aliphatic heterocycles. The predicted molar refractivity (Wildman–Crippen MR) is 181 cm³/mol. The number of aryl methyl sites for hydroxylation is 1. The Labute approximate surface area is 268 Å². The minimum Gasteiger partial charge on any atom is -0.439 e. The molecule has 2 atom stereocenters. The van der Waals surface area contributed by atoms with Gasteiger partial charge in [0.05, 0.1) is 28.6 Å². The zero-order valence-corrected chi connectivity index (χ0v) is 25.9. The average Bonchev–Trinajstić information content (AvgIpc) is 3.55. The summed E-state index contributed by atoms with van der Waals surface area (Å²) in [6.45, 7) is 3.71. The van der Waals surface area contributed by atoms with E-state index in [0.717, 1.165) is 18.4 Å². The van der Waals surface area contributed by atoms with E-state index < -0.39 is 6.03 Å². The number of anilines is 3. The fourth-order valence-electron chi connectivity index (χ4n) is 5.23. The van der Waals surface area contributed by atoms with Gasteiger partial charge in [-0.2, -0.15) is 27.0 Å².